The van der Waals surface area contributed by atoms with E-state index in [9.17, 15) is 21.6 Å². The van der Waals surface area contributed by atoms with Crippen LogP contribution in [0.15, 0.2) is 56.7 Å². The van der Waals surface area contributed by atoms with Gasteiger partial charge in [-0.3, -0.25) is 4.79 Å². The lowest BCUT2D eigenvalue weighted by atomic mass is 9.98. The number of benzene rings is 2. The number of nitrogens with one attached hydrogen (secondary N) is 1. The molecule has 0 spiro atoms. The minimum atomic E-state index is -3.71. The van der Waals surface area contributed by atoms with Gasteiger partial charge in [-0.1, -0.05) is 22.0 Å². The van der Waals surface area contributed by atoms with Crippen molar-refractivity contribution in [2.75, 3.05) is 32.5 Å². The average Bonchev–Trinajstić information content (AvgIpc) is 2.75. The van der Waals surface area contributed by atoms with E-state index in [0.29, 0.717) is 30.6 Å². The maximum absolute atomic E-state index is 13.0. The minimum absolute atomic E-state index is 0.0684. The molecule has 2 aromatic carbocycles. The number of piperidine rings is 1. The van der Waals surface area contributed by atoms with Crippen LogP contribution in [0.3, 0.4) is 0 Å². The lowest BCUT2D eigenvalue weighted by Crippen LogP contribution is -2.43. The molecule has 1 atom stereocenters. The molecule has 0 aromatic heterocycles. The quantitative estimate of drug-likeness (QED) is 0.602. The molecule has 0 radical (unpaired) electrons. The van der Waals surface area contributed by atoms with Gasteiger partial charge in [0.05, 0.1) is 15.7 Å². The third-order valence-corrected chi connectivity index (χ3v) is 9.67. The van der Waals surface area contributed by atoms with Crippen LogP contribution < -0.4 is 5.32 Å². The van der Waals surface area contributed by atoms with E-state index >= 15 is 0 Å². The monoisotopic (exact) mass is 543 g/mol. The fourth-order valence-corrected chi connectivity index (χ4v) is 6.19. The number of carbonyl (C=O) groups excluding carboxylic acids is 1. The van der Waals surface area contributed by atoms with Gasteiger partial charge in [0.2, 0.25) is 26.0 Å². The Bertz CT molecular complexity index is 1210. The number of aryl methyl sites for hydroxylation is 1. The molecule has 32 heavy (non-hydrogen) atoms. The van der Waals surface area contributed by atoms with Gasteiger partial charge in [0, 0.05) is 37.3 Å². The Kier molecular flexibility index (Phi) is 7.45. The fourth-order valence-electron chi connectivity index (χ4n) is 3.47. The Morgan fingerprint density at radius 1 is 1.06 bits per heavy atom. The molecule has 3 rings (SSSR count). The Morgan fingerprint density at radius 3 is 2.31 bits per heavy atom. The highest BCUT2D eigenvalue weighted by atomic mass is 79.9. The number of hydrogen-bond acceptors (Lipinski definition) is 5. The molecule has 8 nitrogen and oxygen atoms in total. The first-order chi connectivity index (χ1) is 14.9. The van der Waals surface area contributed by atoms with Gasteiger partial charge in [0.15, 0.2) is 0 Å². The van der Waals surface area contributed by atoms with Crippen molar-refractivity contribution in [3.8, 4) is 0 Å². The van der Waals surface area contributed by atoms with Crippen molar-refractivity contribution in [1.82, 2.24) is 8.61 Å². The van der Waals surface area contributed by atoms with Gasteiger partial charge in [0.25, 0.3) is 0 Å². The number of halogens is 1. The molecule has 0 bridgehead atoms. The first-order valence-corrected chi connectivity index (χ1v) is 13.7. The summed E-state index contributed by atoms with van der Waals surface area (Å²) in [5, 5.41) is 2.80. The van der Waals surface area contributed by atoms with E-state index in [2.05, 4.69) is 21.2 Å². The SMILES string of the molecule is Cc1ccc(S(=O)(=O)N(C)C)cc1NC(=O)C1CCCN(S(=O)(=O)c2ccc(Br)cc2)C1. The van der Waals surface area contributed by atoms with E-state index < -0.39 is 26.0 Å². The average molecular weight is 544 g/mol. The summed E-state index contributed by atoms with van der Waals surface area (Å²) in [5.74, 6) is -0.870. The van der Waals surface area contributed by atoms with Crippen molar-refractivity contribution in [3.05, 3.63) is 52.5 Å². The van der Waals surface area contributed by atoms with Crippen molar-refractivity contribution in [3.63, 3.8) is 0 Å². The smallest absolute Gasteiger partial charge is 0.243 e. The molecule has 1 N–H and O–H groups in total. The second kappa shape index (κ2) is 9.60. The van der Waals surface area contributed by atoms with Crippen LogP contribution in [-0.2, 0) is 24.8 Å². The summed E-state index contributed by atoms with van der Waals surface area (Å²) in [5.41, 5.74) is 1.11. The van der Waals surface area contributed by atoms with Crippen LogP contribution >= 0.6 is 15.9 Å². The highest BCUT2D eigenvalue weighted by Gasteiger charge is 2.33. The summed E-state index contributed by atoms with van der Waals surface area (Å²) in [7, 11) is -4.48. The van der Waals surface area contributed by atoms with Crippen molar-refractivity contribution >= 4 is 47.6 Å². The van der Waals surface area contributed by atoms with Crippen molar-refractivity contribution < 1.29 is 21.6 Å². The van der Waals surface area contributed by atoms with E-state index in [1.165, 1.54) is 42.7 Å². The highest BCUT2D eigenvalue weighted by Crippen LogP contribution is 2.27. The predicted molar refractivity (Wildman–Crippen MR) is 126 cm³/mol. The zero-order valence-electron chi connectivity index (χ0n) is 18.1. The molecule has 1 fully saturated rings. The van der Waals surface area contributed by atoms with E-state index in [1.807, 2.05) is 0 Å². The number of rotatable bonds is 6. The molecular weight excluding hydrogens is 518 g/mol. The molecule has 0 aliphatic carbocycles. The van der Waals surface area contributed by atoms with Crippen LogP contribution in [0.5, 0.6) is 0 Å². The second-order valence-electron chi connectivity index (χ2n) is 7.91. The molecule has 174 valence electrons. The van der Waals surface area contributed by atoms with Gasteiger partial charge in [-0.25, -0.2) is 21.1 Å². The molecule has 2 aromatic rings. The number of amides is 1. The molecule has 1 heterocycles. The Balaban J connectivity index is 1.78. The number of hydrogen-bond donors (Lipinski definition) is 1. The summed E-state index contributed by atoms with van der Waals surface area (Å²) in [6, 6.07) is 11.0. The van der Waals surface area contributed by atoms with Gasteiger partial charge in [-0.2, -0.15) is 4.31 Å². The molecule has 1 amide bonds. The first kappa shape index (κ1) is 24.8. The molecular formula is C21H26BrN3O5S2. The maximum atomic E-state index is 13.0. The van der Waals surface area contributed by atoms with Crippen molar-refractivity contribution in [2.45, 2.75) is 29.6 Å². The Morgan fingerprint density at radius 2 is 1.69 bits per heavy atom. The number of anilines is 1. The van der Waals surface area contributed by atoms with Crippen LogP contribution in [-0.4, -0.2) is 58.5 Å². The molecule has 11 heteroatoms. The Hall–Kier alpha value is -1.79. The number of sulfonamides is 2. The van der Waals surface area contributed by atoms with Crippen molar-refractivity contribution in [1.29, 1.82) is 0 Å². The van der Waals surface area contributed by atoms with E-state index in [-0.39, 0.29) is 22.2 Å². The van der Waals surface area contributed by atoms with Gasteiger partial charge in [0.1, 0.15) is 0 Å². The zero-order chi connectivity index (χ0) is 23.7. The first-order valence-electron chi connectivity index (χ1n) is 10.0. The standard InChI is InChI=1S/C21H26BrN3O5S2/c1-15-6-9-19(31(27,28)24(2)3)13-20(15)23-21(26)16-5-4-12-25(14-16)32(29,30)18-10-7-17(22)8-11-18/h6-11,13,16H,4-5,12,14H2,1-3H3,(H,23,26). The number of nitrogens with zero attached hydrogens (tertiary/aromatic N) is 2. The topological polar surface area (TPSA) is 104 Å². The summed E-state index contributed by atoms with van der Waals surface area (Å²) in [4.78, 5) is 13.2. The van der Waals surface area contributed by atoms with Crippen LogP contribution in [0.4, 0.5) is 5.69 Å². The summed E-state index contributed by atoms with van der Waals surface area (Å²) >= 11 is 3.30. The highest BCUT2D eigenvalue weighted by molar-refractivity contribution is 9.10. The lowest BCUT2D eigenvalue weighted by molar-refractivity contribution is -0.120. The zero-order valence-corrected chi connectivity index (χ0v) is 21.3. The second-order valence-corrected chi connectivity index (χ2v) is 12.9. The largest absolute Gasteiger partial charge is 0.326 e. The van der Waals surface area contributed by atoms with Crippen LogP contribution in [0.2, 0.25) is 0 Å². The summed E-state index contributed by atoms with van der Waals surface area (Å²) in [6.45, 7) is 2.18. The molecule has 1 saturated heterocycles. The van der Waals surface area contributed by atoms with Crippen molar-refractivity contribution in [2.24, 2.45) is 5.92 Å². The van der Waals surface area contributed by atoms with Gasteiger partial charge >= 0.3 is 0 Å². The van der Waals surface area contributed by atoms with E-state index in [0.717, 1.165) is 8.78 Å². The normalized spacial score (nSPS) is 18.0. The van der Waals surface area contributed by atoms with Crippen LogP contribution in [0.1, 0.15) is 18.4 Å². The third-order valence-electron chi connectivity index (χ3n) is 5.45. The van der Waals surface area contributed by atoms with E-state index in [4.69, 9.17) is 0 Å². The molecule has 1 unspecified atom stereocenters. The minimum Gasteiger partial charge on any atom is -0.326 e. The van der Waals surface area contributed by atoms with Crippen LogP contribution in [0, 0.1) is 12.8 Å². The summed E-state index contributed by atoms with van der Waals surface area (Å²) < 4.78 is 54.1. The lowest BCUT2D eigenvalue weighted by Gasteiger charge is -2.31. The third kappa shape index (κ3) is 5.23. The van der Waals surface area contributed by atoms with Crippen LogP contribution in [0.25, 0.3) is 0 Å². The van der Waals surface area contributed by atoms with Gasteiger partial charge in [-0.15, -0.1) is 0 Å². The fraction of sp³-hybridized carbons (Fsp3) is 0.381. The molecule has 1 aliphatic rings. The molecule has 1 aliphatic heterocycles. The number of carbonyl (C=O) groups is 1. The van der Waals surface area contributed by atoms with Gasteiger partial charge in [-0.05, 0) is 61.7 Å². The van der Waals surface area contributed by atoms with E-state index in [1.54, 1.807) is 25.1 Å². The maximum Gasteiger partial charge on any atom is 0.243 e. The Labute approximate surface area is 197 Å². The molecule has 0 saturated carbocycles. The predicted octanol–water partition coefficient (Wildman–Crippen LogP) is 3.05. The van der Waals surface area contributed by atoms with Gasteiger partial charge < -0.3 is 5.32 Å². The summed E-state index contributed by atoms with van der Waals surface area (Å²) in [6.07, 6.45) is 1.11.